The van der Waals surface area contributed by atoms with Gasteiger partial charge in [0.2, 0.25) is 5.91 Å². The van der Waals surface area contributed by atoms with Gasteiger partial charge in [-0.3, -0.25) is 9.59 Å². The number of halogens is 5. The van der Waals surface area contributed by atoms with Crippen LogP contribution in [0, 0.1) is 17.6 Å². The van der Waals surface area contributed by atoms with Gasteiger partial charge in [0.25, 0.3) is 0 Å². The molecule has 3 nitrogen and oxygen atoms in total. The summed E-state index contributed by atoms with van der Waals surface area (Å²) in [6.45, 7) is 0. The molecule has 164 valence electrons. The Bertz CT molecular complexity index is 1180. The summed E-state index contributed by atoms with van der Waals surface area (Å²) < 4.78 is 26.6. The van der Waals surface area contributed by atoms with Gasteiger partial charge < -0.3 is 5.32 Å². The maximum atomic E-state index is 13.9. The lowest BCUT2D eigenvalue weighted by molar-refractivity contribution is -0.117. The Morgan fingerprint density at radius 2 is 1.59 bits per heavy atom. The van der Waals surface area contributed by atoms with Crippen LogP contribution in [0.3, 0.4) is 0 Å². The summed E-state index contributed by atoms with van der Waals surface area (Å²) in [5, 5.41) is 2.80. The first kappa shape index (κ1) is 22.7. The van der Waals surface area contributed by atoms with Gasteiger partial charge in [-0.25, -0.2) is 8.78 Å². The highest BCUT2D eigenvalue weighted by Crippen LogP contribution is 2.65. The van der Waals surface area contributed by atoms with Gasteiger partial charge in [0, 0.05) is 29.2 Å². The minimum atomic E-state index is -1.25. The SMILES string of the molecule is O=C(Cc1c(F)cccc1F)c1cc(NC(=O)C2C(c3ccccc3)C2(Cl)Cl)ccc1Cl. The number of ketones is 1. The normalized spacial score (nSPS) is 18.8. The molecule has 3 aromatic carbocycles. The first-order chi connectivity index (χ1) is 15.2. The molecule has 0 aliphatic heterocycles. The van der Waals surface area contributed by atoms with Gasteiger partial charge in [0.1, 0.15) is 16.0 Å². The first-order valence-electron chi connectivity index (χ1n) is 9.69. The zero-order valence-corrected chi connectivity index (χ0v) is 18.7. The Kier molecular flexibility index (Phi) is 6.26. The standard InChI is InChI=1S/C24H16Cl3F2NO2/c25-17-10-9-14(11-15(17)20(31)12-16-18(28)7-4-8-19(16)29)30-23(32)22-21(24(22,26)27)13-5-2-1-3-6-13/h1-11,21-22H,12H2,(H,30,32). The average Bonchev–Trinajstić information content (AvgIpc) is 3.34. The molecule has 4 rings (SSSR count). The van der Waals surface area contributed by atoms with Crippen molar-refractivity contribution in [2.45, 2.75) is 16.7 Å². The molecule has 0 bridgehead atoms. The minimum absolute atomic E-state index is 0.0329. The van der Waals surface area contributed by atoms with Crippen LogP contribution in [0.2, 0.25) is 5.02 Å². The summed E-state index contributed by atoms with van der Waals surface area (Å²) in [5.41, 5.74) is 0.822. The van der Waals surface area contributed by atoms with E-state index in [0.717, 1.165) is 17.7 Å². The zero-order chi connectivity index (χ0) is 23.0. The molecule has 0 radical (unpaired) electrons. The van der Waals surface area contributed by atoms with Crippen LogP contribution in [0.15, 0.2) is 66.7 Å². The van der Waals surface area contributed by atoms with E-state index in [1.807, 2.05) is 30.3 Å². The summed E-state index contributed by atoms with van der Waals surface area (Å²) in [5.74, 6) is -3.70. The third-order valence-electron chi connectivity index (χ3n) is 5.43. The molecule has 2 unspecified atom stereocenters. The minimum Gasteiger partial charge on any atom is -0.326 e. The molecule has 1 fully saturated rings. The van der Waals surface area contributed by atoms with Gasteiger partial charge in [-0.05, 0) is 35.9 Å². The topological polar surface area (TPSA) is 46.2 Å². The van der Waals surface area contributed by atoms with Gasteiger partial charge in [0.05, 0.1) is 10.9 Å². The Hall–Kier alpha value is -2.47. The van der Waals surface area contributed by atoms with Gasteiger partial charge >= 0.3 is 0 Å². The average molecular weight is 495 g/mol. The predicted molar refractivity (Wildman–Crippen MR) is 122 cm³/mol. The van der Waals surface area contributed by atoms with E-state index in [4.69, 9.17) is 34.8 Å². The number of rotatable bonds is 6. The quantitative estimate of drug-likeness (QED) is 0.311. The van der Waals surface area contributed by atoms with Crippen molar-refractivity contribution in [3.8, 4) is 0 Å². The second-order valence-electron chi connectivity index (χ2n) is 7.52. The molecule has 1 N–H and O–H groups in total. The molecule has 1 saturated carbocycles. The van der Waals surface area contributed by atoms with E-state index in [1.165, 1.54) is 24.3 Å². The smallest absolute Gasteiger partial charge is 0.231 e. The number of carbonyl (C=O) groups is 2. The highest BCUT2D eigenvalue weighted by molar-refractivity contribution is 6.53. The molecule has 0 aromatic heterocycles. The van der Waals surface area contributed by atoms with Crippen LogP contribution in [-0.2, 0) is 11.2 Å². The molecule has 2 atom stereocenters. The fourth-order valence-electron chi connectivity index (χ4n) is 3.72. The molecular formula is C24H16Cl3F2NO2. The van der Waals surface area contributed by atoms with Crippen molar-refractivity contribution in [3.05, 3.63) is 100 Å². The van der Waals surface area contributed by atoms with Crippen LogP contribution in [-0.4, -0.2) is 16.0 Å². The second kappa shape index (κ2) is 8.81. The van der Waals surface area contributed by atoms with Crippen LogP contribution < -0.4 is 5.32 Å². The van der Waals surface area contributed by atoms with E-state index in [2.05, 4.69) is 5.32 Å². The molecule has 0 heterocycles. The highest BCUT2D eigenvalue weighted by Gasteiger charge is 2.67. The summed E-state index contributed by atoms with van der Waals surface area (Å²) in [4.78, 5) is 25.5. The predicted octanol–water partition coefficient (Wildman–Crippen LogP) is 6.57. The molecule has 8 heteroatoms. The van der Waals surface area contributed by atoms with Crippen molar-refractivity contribution in [3.63, 3.8) is 0 Å². The van der Waals surface area contributed by atoms with Crippen LogP contribution in [0.25, 0.3) is 0 Å². The van der Waals surface area contributed by atoms with E-state index >= 15 is 0 Å². The van der Waals surface area contributed by atoms with E-state index in [-0.39, 0.29) is 22.1 Å². The number of nitrogens with one attached hydrogen (secondary N) is 1. The van der Waals surface area contributed by atoms with E-state index in [9.17, 15) is 18.4 Å². The maximum Gasteiger partial charge on any atom is 0.231 e. The van der Waals surface area contributed by atoms with Crippen molar-refractivity contribution in [1.29, 1.82) is 0 Å². The van der Waals surface area contributed by atoms with Crippen LogP contribution in [0.4, 0.5) is 14.5 Å². The van der Waals surface area contributed by atoms with Crippen molar-refractivity contribution in [2.24, 2.45) is 5.92 Å². The first-order valence-corrected chi connectivity index (χ1v) is 10.8. The summed E-state index contributed by atoms with van der Waals surface area (Å²) in [7, 11) is 0. The zero-order valence-electron chi connectivity index (χ0n) is 16.4. The van der Waals surface area contributed by atoms with E-state index in [1.54, 1.807) is 0 Å². The molecule has 0 spiro atoms. The van der Waals surface area contributed by atoms with Gasteiger partial charge in [0.15, 0.2) is 5.78 Å². The number of anilines is 1. The van der Waals surface area contributed by atoms with E-state index < -0.39 is 40.0 Å². The summed E-state index contributed by atoms with van der Waals surface area (Å²) >= 11 is 18.8. The molecule has 1 aliphatic carbocycles. The van der Waals surface area contributed by atoms with Gasteiger partial charge in [-0.2, -0.15) is 0 Å². The Morgan fingerprint density at radius 1 is 0.938 bits per heavy atom. The number of amides is 1. The summed E-state index contributed by atoms with van der Waals surface area (Å²) in [6.07, 6.45) is -0.513. The number of Topliss-reactive ketones (excluding diaryl/α,β-unsaturated/α-hetero) is 1. The second-order valence-corrected chi connectivity index (χ2v) is 9.38. The number of benzene rings is 3. The van der Waals surface area contributed by atoms with Crippen molar-refractivity contribution >= 4 is 52.2 Å². The molecule has 1 aliphatic rings. The lowest BCUT2D eigenvalue weighted by atomic mass is 10.0. The number of carbonyl (C=O) groups excluding carboxylic acids is 2. The lowest BCUT2D eigenvalue weighted by Gasteiger charge is -2.10. The third-order valence-corrected chi connectivity index (χ3v) is 6.70. The third kappa shape index (κ3) is 4.38. The van der Waals surface area contributed by atoms with Crippen LogP contribution in [0.5, 0.6) is 0 Å². The van der Waals surface area contributed by atoms with Crippen molar-refractivity contribution in [1.82, 2.24) is 0 Å². The van der Waals surface area contributed by atoms with Gasteiger partial charge in [-0.1, -0.05) is 48.0 Å². The van der Waals surface area contributed by atoms with Crippen molar-refractivity contribution in [2.75, 3.05) is 5.32 Å². The fraction of sp³-hybridized carbons (Fsp3) is 0.167. The highest BCUT2D eigenvalue weighted by atomic mass is 35.5. The monoisotopic (exact) mass is 493 g/mol. The fourth-order valence-corrected chi connectivity index (χ4v) is 4.77. The van der Waals surface area contributed by atoms with Gasteiger partial charge in [-0.15, -0.1) is 23.2 Å². The molecule has 3 aromatic rings. The van der Waals surface area contributed by atoms with Crippen LogP contribution in [0.1, 0.15) is 27.4 Å². The molecule has 1 amide bonds. The molecule has 32 heavy (non-hydrogen) atoms. The molecular weight excluding hydrogens is 479 g/mol. The Labute approximate surface area is 198 Å². The molecule has 0 saturated heterocycles. The number of hydrogen-bond donors (Lipinski definition) is 1. The maximum absolute atomic E-state index is 13.9. The number of alkyl halides is 2. The van der Waals surface area contributed by atoms with Crippen molar-refractivity contribution < 1.29 is 18.4 Å². The Balaban J connectivity index is 1.52. The van der Waals surface area contributed by atoms with E-state index in [0.29, 0.717) is 5.69 Å². The largest absolute Gasteiger partial charge is 0.326 e. The Morgan fingerprint density at radius 3 is 2.25 bits per heavy atom. The summed E-state index contributed by atoms with van der Waals surface area (Å²) in [6, 6.07) is 16.9. The van der Waals surface area contributed by atoms with Crippen LogP contribution >= 0.6 is 34.8 Å². The number of hydrogen-bond acceptors (Lipinski definition) is 2. The lowest BCUT2D eigenvalue weighted by Crippen LogP contribution is -2.17.